The summed E-state index contributed by atoms with van der Waals surface area (Å²) in [7, 11) is 0. The quantitative estimate of drug-likeness (QED) is 0.526. The van der Waals surface area contributed by atoms with Gasteiger partial charge in [0, 0.05) is 24.5 Å². The van der Waals surface area contributed by atoms with Crippen molar-refractivity contribution >= 4 is 23.6 Å². The average molecular weight is 415 g/mol. The average Bonchev–Trinajstić information content (AvgIpc) is 2.76. The molecule has 0 radical (unpaired) electrons. The Balaban J connectivity index is 1.38. The molecule has 2 aromatic rings. The molecule has 1 saturated heterocycles. The first-order valence-electron chi connectivity index (χ1n) is 10.1. The first-order valence-corrected chi connectivity index (χ1v) is 11.1. The molecule has 1 fully saturated rings. The first-order chi connectivity index (χ1) is 14.1. The number of rotatable bonds is 8. The van der Waals surface area contributed by atoms with E-state index in [1.54, 1.807) is 28.8 Å². The third-order valence-electron chi connectivity index (χ3n) is 5.05. The molecule has 6 heteroatoms. The van der Waals surface area contributed by atoms with Crippen molar-refractivity contribution in [1.82, 2.24) is 10.2 Å². The van der Waals surface area contributed by atoms with Crippen LogP contribution in [0.2, 0.25) is 0 Å². The van der Waals surface area contributed by atoms with E-state index in [1.807, 2.05) is 18.2 Å². The second-order valence-corrected chi connectivity index (χ2v) is 8.46. The molecule has 0 aromatic heterocycles. The molecule has 2 amide bonds. The Labute approximate surface area is 175 Å². The highest BCUT2D eigenvalue weighted by Gasteiger charge is 2.28. The minimum absolute atomic E-state index is 0.00614. The van der Waals surface area contributed by atoms with E-state index in [4.69, 9.17) is 0 Å². The minimum Gasteiger partial charge on any atom is -0.356 e. The van der Waals surface area contributed by atoms with Gasteiger partial charge in [-0.1, -0.05) is 30.3 Å². The summed E-state index contributed by atoms with van der Waals surface area (Å²) in [6, 6.07) is 16.2. The molecule has 1 atom stereocenters. The number of nitrogens with one attached hydrogen (secondary N) is 1. The van der Waals surface area contributed by atoms with Crippen LogP contribution in [-0.2, 0) is 16.0 Å². The zero-order chi connectivity index (χ0) is 20.5. The van der Waals surface area contributed by atoms with Crippen LogP contribution in [-0.4, -0.2) is 42.1 Å². The number of nitrogens with zero attached hydrogens (tertiary/aromatic N) is 1. The fraction of sp³-hybridized carbons (Fsp3) is 0.391. The SMILES string of the molecule is O=C(NCCCSc1ccccc1)C1CCCN(C(=O)Cc2ccc(F)cc2)C1. The van der Waals surface area contributed by atoms with Crippen molar-refractivity contribution in [3.8, 4) is 0 Å². The van der Waals surface area contributed by atoms with Crippen LogP contribution in [0.15, 0.2) is 59.5 Å². The minimum atomic E-state index is -0.307. The van der Waals surface area contributed by atoms with Crippen LogP contribution >= 0.6 is 11.8 Å². The molecule has 0 spiro atoms. The highest BCUT2D eigenvalue weighted by atomic mass is 32.2. The van der Waals surface area contributed by atoms with Gasteiger partial charge in [-0.3, -0.25) is 9.59 Å². The second kappa shape index (κ2) is 11.0. The topological polar surface area (TPSA) is 49.4 Å². The van der Waals surface area contributed by atoms with Gasteiger partial charge in [0.1, 0.15) is 5.82 Å². The molecule has 1 unspecified atom stereocenters. The molecule has 3 rings (SSSR count). The van der Waals surface area contributed by atoms with Gasteiger partial charge in [0.25, 0.3) is 0 Å². The van der Waals surface area contributed by atoms with Gasteiger partial charge < -0.3 is 10.2 Å². The summed E-state index contributed by atoms with van der Waals surface area (Å²) in [5.41, 5.74) is 0.791. The van der Waals surface area contributed by atoms with Crippen LogP contribution in [0.4, 0.5) is 4.39 Å². The number of carbonyl (C=O) groups is 2. The third kappa shape index (κ3) is 6.89. The van der Waals surface area contributed by atoms with Gasteiger partial charge in [-0.2, -0.15) is 0 Å². The largest absolute Gasteiger partial charge is 0.356 e. The van der Waals surface area contributed by atoms with Crippen molar-refractivity contribution in [2.75, 3.05) is 25.4 Å². The summed E-state index contributed by atoms with van der Waals surface area (Å²) in [4.78, 5) is 28.1. The lowest BCUT2D eigenvalue weighted by atomic mass is 9.96. The highest BCUT2D eigenvalue weighted by Crippen LogP contribution is 2.19. The van der Waals surface area contributed by atoms with E-state index < -0.39 is 0 Å². The smallest absolute Gasteiger partial charge is 0.227 e. The molecule has 29 heavy (non-hydrogen) atoms. The molecule has 0 aliphatic carbocycles. The lowest BCUT2D eigenvalue weighted by Crippen LogP contribution is -2.46. The van der Waals surface area contributed by atoms with Crippen LogP contribution in [0, 0.1) is 11.7 Å². The molecule has 1 heterocycles. The summed E-state index contributed by atoms with van der Waals surface area (Å²) in [5, 5.41) is 3.02. The van der Waals surface area contributed by atoms with Crippen LogP contribution in [0.3, 0.4) is 0 Å². The number of carbonyl (C=O) groups excluding carboxylic acids is 2. The number of thioether (sulfide) groups is 1. The van der Waals surface area contributed by atoms with Crippen LogP contribution in [0.1, 0.15) is 24.8 Å². The monoisotopic (exact) mass is 414 g/mol. The van der Waals surface area contributed by atoms with Gasteiger partial charge in [-0.25, -0.2) is 4.39 Å². The fourth-order valence-electron chi connectivity index (χ4n) is 3.44. The van der Waals surface area contributed by atoms with Gasteiger partial charge in [-0.15, -0.1) is 11.8 Å². The van der Waals surface area contributed by atoms with Crippen molar-refractivity contribution in [1.29, 1.82) is 0 Å². The molecule has 1 aliphatic rings. The Morgan fingerprint density at radius 2 is 1.86 bits per heavy atom. The third-order valence-corrected chi connectivity index (χ3v) is 6.14. The maximum atomic E-state index is 13.0. The summed E-state index contributed by atoms with van der Waals surface area (Å²) in [5.74, 6) is 0.528. The zero-order valence-corrected chi connectivity index (χ0v) is 17.3. The Morgan fingerprint density at radius 1 is 1.10 bits per heavy atom. The van der Waals surface area contributed by atoms with Crippen molar-refractivity contribution in [2.45, 2.75) is 30.6 Å². The van der Waals surface area contributed by atoms with Crippen LogP contribution < -0.4 is 5.32 Å². The van der Waals surface area contributed by atoms with E-state index in [-0.39, 0.29) is 30.0 Å². The standard InChI is InChI=1S/C23H27FN2O2S/c24-20-11-9-18(10-12-20)16-22(27)26-14-4-6-19(17-26)23(28)25-13-5-15-29-21-7-2-1-3-8-21/h1-3,7-12,19H,4-6,13-17H2,(H,25,28). The lowest BCUT2D eigenvalue weighted by molar-refractivity contribution is -0.135. The molecular weight excluding hydrogens is 387 g/mol. The molecule has 4 nitrogen and oxygen atoms in total. The Hall–Kier alpha value is -2.34. The number of hydrogen-bond donors (Lipinski definition) is 1. The van der Waals surface area contributed by atoms with Gasteiger partial charge in [-0.05, 0) is 54.8 Å². The molecule has 2 aromatic carbocycles. The maximum absolute atomic E-state index is 13.0. The Kier molecular flexibility index (Phi) is 8.11. The molecule has 1 aliphatic heterocycles. The van der Waals surface area contributed by atoms with E-state index in [0.29, 0.717) is 19.6 Å². The van der Waals surface area contributed by atoms with E-state index in [9.17, 15) is 14.0 Å². The van der Waals surface area contributed by atoms with Crippen molar-refractivity contribution < 1.29 is 14.0 Å². The Bertz CT molecular complexity index is 798. The first kappa shape index (κ1) is 21.4. The van der Waals surface area contributed by atoms with Gasteiger partial charge in [0.15, 0.2) is 0 Å². The summed E-state index contributed by atoms with van der Waals surface area (Å²) in [6.45, 7) is 1.79. The highest BCUT2D eigenvalue weighted by molar-refractivity contribution is 7.99. The molecule has 0 saturated carbocycles. The summed E-state index contributed by atoms with van der Waals surface area (Å²) >= 11 is 1.79. The number of hydrogen-bond acceptors (Lipinski definition) is 3. The second-order valence-electron chi connectivity index (χ2n) is 7.29. The maximum Gasteiger partial charge on any atom is 0.227 e. The molecule has 154 valence electrons. The predicted molar refractivity (Wildman–Crippen MR) is 114 cm³/mol. The Morgan fingerprint density at radius 3 is 2.62 bits per heavy atom. The molecule has 1 N–H and O–H groups in total. The van der Waals surface area contributed by atoms with Crippen molar-refractivity contribution in [3.63, 3.8) is 0 Å². The fourth-order valence-corrected chi connectivity index (χ4v) is 4.32. The number of benzene rings is 2. The zero-order valence-electron chi connectivity index (χ0n) is 16.5. The molecule has 0 bridgehead atoms. The van der Waals surface area contributed by atoms with E-state index >= 15 is 0 Å². The van der Waals surface area contributed by atoms with E-state index in [2.05, 4.69) is 17.4 Å². The predicted octanol–water partition coefficient (Wildman–Crippen LogP) is 3.91. The van der Waals surface area contributed by atoms with E-state index in [1.165, 1.54) is 17.0 Å². The van der Waals surface area contributed by atoms with Gasteiger partial charge in [0.05, 0.1) is 12.3 Å². The van der Waals surface area contributed by atoms with Gasteiger partial charge >= 0.3 is 0 Å². The summed E-state index contributed by atoms with van der Waals surface area (Å²) in [6.07, 6.45) is 2.79. The van der Waals surface area contributed by atoms with Crippen LogP contribution in [0.25, 0.3) is 0 Å². The summed E-state index contributed by atoms with van der Waals surface area (Å²) < 4.78 is 13.0. The van der Waals surface area contributed by atoms with Crippen molar-refractivity contribution in [3.05, 3.63) is 66.0 Å². The van der Waals surface area contributed by atoms with E-state index in [0.717, 1.165) is 30.6 Å². The number of halogens is 1. The normalized spacial score (nSPS) is 16.4. The number of piperidine rings is 1. The molecular formula is C23H27FN2O2S. The lowest BCUT2D eigenvalue weighted by Gasteiger charge is -2.32. The van der Waals surface area contributed by atoms with Crippen LogP contribution in [0.5, 0.6) is 0 Å². The number of amides is 2. The number of likely N-dealkylation sites (tertiary alicyclic amines) is 1. The van der Waals surface area contributed by atoms with Crippen molar-refractivity contribution in [2.24, 2.45) is 5.92 Å². The van der Waals surface area contributed by atoms with Gasteiger partial charge in [0.2, 0.25) is 11.8 Å².